The maximum Gasteiger partial charge on any atom is 0.302 e. The Hall–Kier alpha value is -2.93. The highest BCUT2D eigenvalue weighted by atomic mass is 32.1. The van der Waals surface area contributed by atoms with Crippen LogP contribution in [0.25, 0.3) is 26.8 Å². The maximum absolute atomic E-state index is 13.4. The monoisotopic (exact) mass is 324 g/mol. The quantitative estimate of drug-likeness (QED) is 0.569. The number of fused-ring (bicyclic) bond motifs is 1. The maximum atomic E-state index is 13.4. The summed E-state index contributed by atoms with van der Waals surface area (Å²) >= 11 is 1.19. The molecule has 0 saturated carbocycles. The lowest BCUT2D eigenvalue weighted by molar-refractivity contribution is 0.628. The van der Waals surface area contributed by atoms with E-state index in [4.69, 9.17) is 0 Å². The summed E-state index contributed by atoms with van der Waals surface area (Å²) in [6.45, 7) is 0. The first-order valence-corrected chi connectivity index (χ1v) is 7.62. The van der Waals surface area contributed by atoms with E-state index in [9.17, 15) is 9.18 Å². The molecule has 112 valence electrons. The highest BCUT2D eigenvalue weighted by molar-refractivity contribution is 7.19. The molecule has 0 N–H and O–H groups in total. The van der Waals surface area contributed by atoms with Crippen LogP contribution < -0.4 is 5.56 Å². The molecule has 4 rings (SSSR count). The number of hydrogen-bond acceptors (Lipinski definition) is 5. The summed E-state index contributed by atoms with van der Waals surface area (Å²) in [7, 11) is 0. The molecule has 0 aliphatic rings. The lowest BCUT2D eigenvalue weighted by atomic mass is 10.2. The van der Waals surface area contributed by atoms with Gasteiger partial charge in [0, 0.05) is 11.1 Å². The molecule has 2 heterocycles. The third-order valence-corrected chi connectivity index (χ3v) is 4.26. The number of rotatable bonds is 2. The fraction of sp³-hybridized carbons (Fsp3) is 0. The topological polar surface area (TPSA) is 60.2 Å². The second kappa shape index (κ2) is 5.36. The summed E-state index contributed by atoms with van der Waals surface area (Å²) in [6.07, 6.45) is 0. The Bertz CT molecular complexity index is 1060. The molecule has 4 aromatic rings. The molecular weight excluding hydrogens is 315 g/mol. The highest BCUT2D eigenvalue weighted by Gasteiger charge is 2.14. The Labute approximate surface area is 133 Å². The molecule has 2 aromatic heterocycles. The Morgan fingerprint density at radius 2 is 1.74 bits per heavy atom. The lowest BCUT2D eigenvalue weighted by Gasteiger charge is -1.97. The van der Waals surface area contributed by atoms with Gasteiger partial charge in [-0.05, 0) is 12.1 Å². The van der Waals surface area contributed by atoms with Crippen molar-refractivity contribution in [3.8, 4) is 21.8 Å². The van der Waals surface area contributed by atoms with Crippen LogP contribution >= 0.6 is 11.3 Å². The van der Waals surface area contributed by atoms with E-state index in [1.165, 1.54) is 28.0 Å². The van der Waals surface area contributed by atoms with Crippen molar-refractivity contribution in [3.63, 3.8) is 0 Å². The van der Waals surface area contributed by atoms with Crippen LogP contribution in [0.15, 0.2) is 59.4 Å². The average molecular weight is 324 g/mol. The molecule has 0 aliphatic carbocycles. The van der Waals surface area contributed by atoms with Crippen LogP contribution in [-0.2, 0) is 0 Å². The predicted octanol–water partition coefficient (Wildman–Crippen LogP) is 3.02. The van der Waals surface area contributed by atoms with Crippen LogP contribution in [-0.4, -0.2) is 19.8 Å². The van der Waals surface area contributed by atoms with Crippen LogP contribution in [0.5, 0.6) is 0 Å². The van der Waals surface area contributed by atoms with Crippen molar-refractivity contribution >= 4 is 16.3 Å². The van der Waals surface area contributed by atoms with Crippen molar-refractivity contribution in [2.45, 2.75) is 0 Å². The number of hydrogen-bond donors (Lipinski definition) is 0. The minimum absolute atomic E-state index is 0.235. The Morgan fingerprint density at radius 1 is 0.957 bits per heavy atom. The Kier molecular flexibility index (Phi) is 3.20. The molecule has 0 saturated heterocycles. The first-order chi connectivity index (χ1) is 11.2. The number of halogens is 1. The van der Waals surface area contributed by atoms with Crippen molar-refractivity contribution in [1.29, 1.82) is 0 Å². The van der Waals surface area contributed by atoms with Crippen LogP contribution in [0.3, 0.4) is 0 Å². The second-order valence-electron chi connectivity index (χ2n) is 4.83. The van der Waals surface area contributed by atoms with Gasteiger partial charge in [0.2, 0.25) is 4.96 Å². The van der Waals surface area contributed by atoms with E-state index < -0.39 is 0 Å². The smallest absolute Gasteiger partial charge is 0.265 e. The first kappa shape index (κ1) is 13.7. The first-order valence-electron chi connectivity index (χ1n) is 6.80. The van der Waals surface area contributed by atoms with Gasteiger partial charge in [0.15, 0.2) is 5.69 Å². The minimum atomic E-state index is -0.356. The van der Waals surface area contributed by atoms with Crippen LogP contribution in [0, 0.1) is 5.82 Å². The highest BCUT2D eigenvalue weighted by Crippen LogP contribution is 2.24. The third kappa shape index (κ3) is 2.40. The average Bonchev–Trinajstić information content (AvgIpc) is 3.01. The van der Waals surface area contributed by atoms with E-state index in [2.05, 4.69) is 15.3 Å². The van der Waals surface area contributed by atoms with Gasteiger partial charge < -0.3 is 0 Å². The molecule has 0 bridgehead atoms. The molecule has 7 heteroatoms. The fourth-order valence-corrected chi connectivity index (χ4v) is 3.06. The summed E-state index contributed by atoms with van der Waals surface area (Å²) in [4.78, 5) is 12.9. The van der Waals surface area contributed by atoms with Crippen LogP contribution in [0.4, 0.5) is 4.39 Å². The van der Waals surface area contributed by atoms with Crippen molar-refractivity contribution in [2.75, 3.05) is 0 Å². The summed E-state index contributed by atoms with van der Waals surface area (Å²) in [5.74, 6) is -0.356. The molecule has 23 heavy (non-hydrogen) atoms. The largest absolute Gasteiger partial charge is 0.302 e. The minimum Gasteiger partial charge on any atom is -0.265 e. The Balaban J connectivity index is 1.90. The van der Waals surface area contributed by atoms with Gasteiger partial charge in [-0.3, -0.25) is 4.79 Å². The van der Waals surface area contributed by atoms with Gasteiger partial charge in [-0.2, -0.15) is 9.61 Å². The zero-order chi connectivity index (χ0) is 15.8. The standard InChI is InChI=1S/C16H9FN4OS/c17-12-8-4-7-11(9-12)14-20-21-15(22)13(18-19-16(21)23-14)10-5-2-1-3-6-10/h1-9H. The van der Waals surface area contributed by atoms with E-state index in [0.717, 1.165) is 0 Å². The van der Waals surface area contributed by atoms with Crippen LogP contribution in [0.2, 0.25) is 0 Å². The number of benzene rings is 2. The van der Waals surface area contributed by atoms with E-state index >= 15 is 0 Å². The summed E-state index contributed by atoms with van der Waals surface area (Å²) in [5.41, 5.74) is 1.17. The molecule has 0 fully saturated rings. The van der Waals surface area contributed by atoms with Crippen LogP contribution in [0.1, 0.15) is 0 Å². The van der Waals surface area contributed by atoms with Gasteiger partial charge >= 0.3 is 5.56 Å². The zero-order valence-electron chi connectivity index (χ0n) is 11.7. The molecule has 5 nitrogen and oxygen atoms in total. The fourth-order valence-electron chi connectivity index (χ4n) is 2.23. The van der Waals surface area contributed by atoms with Gasteiger partial charge in [0.25, 0.3) is 0 Å². The van der Waals surface area contributed by atoms with Gasteiger partial charge in [-0.15, -0.1) is 10.2 Å². The van der Waals surface area contributed by atoms with Gasteiger partial charge in [-0.1, -0.05) is 53.8 Å². The molecule has 2 aromatic carbocycles. The van der Waals surface area contributed by atoms with E-state index in [0.29, 0.717) is 21.1 Å². The molecule has 0 radical (unpaired) electrons. The predicted molar refractivity (Wildman–Crippen MR) is 85.8 cm³/mol. The third-order valence-electron chi connectivity index (χ3n) is 3.31. The molecule has 0 amide bonds. The Morgan fingerprint density at radius 3 is 2.52 bits per heavy atom. The number of nitrogens with zero attached hydrogens (tertiary/aromatic N) is 4. The summed E-state index contributed by atoms with van der Waals surface area (Å²) in [6, 6.07) is 15.1. The van der Waals surface area contributed by atoms with Gasteiger partial charge in [0.05, 0.1) is 0 Å². The molecule has 0 spiro atoms. The van der Waals surface area contributed by atoms with Crippen molar-refractivity contribution in [2.24, 2.45) is 0 Å². The van der Waals surface area contributed by atoms with Gasteiger partial charge in [0.1, 0.15) is 10.8 Å². The van der Waals surface area contributed by atoms with Crippen molar-refractivity contribution < 1.29 is 4.39 Å². The lowest BCUT2D eigenvalue weighted by Crippen LogP contribution is -2.19. The SMILES string of the molecule is O=c1c(-c2ccccc2)nnc2sc(-c3cccc(F)c3)nn12. The van der Waals surface area contributed by atoms with Gasteiger partial charge in [-0.25, -0.2) is 4.39 Å². The molecule has 0 unspecified atom stereocenters. The number of aromatic nitrogens is 4. The normalized spacial score (nSPS) is 11.0. The summed E-state index contributed by atoms with van der Waals surface area (Å²) in [5, 5.41) is 12.9. The van der Waals surface area contributed by atoms with E-state index in [-0.39, 0.29) is 17.1 Å². The van der Waals surface area contributed by atoms with Crippen molar-refractivity contribution in [1.82, 2.24) is 19.8 Å². The zero-order valence-corrected chi connectivity index (χ0v) is 12.5. The summed E-state index contributed by atoms with van der Waals surface area (Å²) < 4.78 is 14.6. The molecule has 0 atom stereocenters. The van der Waals surface area contributed by atoms with E-state index in [1.807, 2.05) is 18.2 Å². The molecular formula is C16H9FN4OS. The molecule has 0 aliphatic heterocycles. The van der Waals surface area contributed by atoms with Crippen molar-refractivity contribution in [3.05, 3.63) is 70.8 Å². The second-order valence-corrected chi connectivity index (χ2v) is 5.79. The van der Waals surface area contributed by atoms with E-state index in [1.54, 1.807) is 24.3 Å².